The van der Waals surface area contributed by atoms with E-state index < -0.39 is 0 Å². The quantitative estimate of drug-likeness (QED) is 0.647. The topological polar surface area (TPSA) is 77.5 Å². The molecule has 1 aliphatic heterocycles. The van der Waals surface area contributed by atoms with Crippen molar-refractivity contribution in [1.29, 1.82) is 0 Å². The fraction of sp³-hybridized carbons (Fsp3) is 0.571. The van der Waals surface area contributed by atoms with E-state index in [1.807, 2.05) is 4.90 Å². The number of carbonyl (C=O) groups is 1. The lowest BCUT2D eigenvalue weighted by Crippen LogP contribution is -2.42. The second kappa shape index (κ2) is 8.29. The minimum Gasteiger partial charge on any atom is -0.395 e. The Morgan fingerprint density at radius 1 is 1.62 bits per heavy atom. The number of aliphatic hydroxyl groups excluding tert-OH is 1. The molecule has 2 rings (SSSR count). The van der Waals surface area contributed by atoms with E-state index in [0.717, 1.165) is 25.9 Å². The number of aromatic nitrogens is 1. The average molecular weight is 313 g/mol. The molecule has 0 radical (unpaired) electrons. The third-order valence-corrected chi connectivity index (χ3v) is 3.76. The number of nitrogens with one attached hydrogen (secondary N) is 2. The Morgan fingerprint density at radius 3 is 3.14 bits per heavy atom. The molecule has 21 heavy (non-hydrogen) atoms. The van der Waals surface area contributed by atoms with E-state index in [2.05, 4.69) is 15.6 Å². The summed E-state index contributed by atoms with van der Waals surface area (Å²) in [5.74, 6) is -0.156. The maximum Gasteiger partial charge on any atom is 0.238 e. The van der Waals surface area contributed by atoms with Crippen LogP contribution in [0.2, 0.25) is 5.15 Å². The number of carbonyl (C=O) groups excluding carboxylic acids is 1. The fourth-order valence-corrected chi connectivity index (χ4v) is 2.64. The molecule has 1 unspecified atom stereocenters. The van der Waals surface area contributed by atoms with Gasteiger partial charge in [0.05, 0.1) is 18.8 Å². The molecule has 116 valence electrons. The number of pyridine rings is 1. The van der Waals surface area contributed by atoms with Crippen LogP contribution in [0, 0.1) is 0 Å². The fourth-order valence-electron chi connectivity index (χ4n) is 2.47. The third-order valence-electron chi connectivity index (χ3n) is 3.46. The smallest absolute Gasteiger partial charge is 0.238 e. The van der Waals surface area contributed by atoms with E-state index in [4.69, 9.17) is 16.7 Å². The number of nitrogens with zero attached hydrogens (tertiary/aromatic N) is 2. The highest BCUT2D eigenvalue weighted by molar-refractivity contribution is 6.32. The van der Waals surface area contributed by atoms with E-state index in [1.165, 1.54) is 0 Å². The maximum atomic E-state index is 12.1. The molecule has 1 atom stereocenters. The molecule has 7 heteroatoms. The first-order valence-corrected chi connectivity index (χ1v) is 7.54. The second-order valence-corrected chi connectivity index (χ2v) is 5.50. The summed E-state index contributed by atoms with van der Waals surface area (Å²) >= 11 is 5.91. The van der Waals surface area contributed by atoms with Crippen LogP contribution in [0.4, 0.5) is 5.69 Å². The van der Waals surface area contributed by atoms with Gasteiger partial charge in [-0.1, -0.05) is 11.6 Å². The zero-order valence-corrected chi connectivity index (χ0v) is 12.6. The van der Waals surface area contributed by atoms with Crippen LogP contribution >= 0.6 is 11.6 Å². The largest absolute Gasteiger partial charge is 0.395 e. The summed E-state index contributed by atoms with van der Waals surface area (Å²) in [6.07, 6.45) is 3.84. The summed E-state index contributed by atoms with van der Waals surface area (Å²) in [6, 6.07) is 3.82. The van der Waals surface area contributed by atoms with Crippen molar-refractivity contribution < 1.29 is 9.90 Å². The Morgan fingerprint density at radius 2 is 2.48 bits per heavy atom. The minimum absolute atomic E-state index is 0.0354. The van der Waals surface area contributed by atoms with E-state index in [-0.39, 0.29) is 24.2 Å². The molecule has 0 spiro atoms. The van der Waals surface area contributed by atoms with Gasteiger partial charge in [-0.25, -0.2) is 4.98 Å². The van der Waals surface area contributed by atoms with Crippen molar-refractivity contribution in [3.8, 4) is 0 Å². The number of rotatable bonds is 7. The van der Waals surface area contributed by atoms with Crippen molar-refractivity contribution in [2.24, 2.45) is 0 Å². The Hall–Kier alpha value is -1.21. The second-order valence-electron chi connectivity index (χ2n) is 5.14. The van der Waals surface area contributed by atoms with Crippen LogP contribution in [0.15, 0.2) is 18.3 Å². The van der Waals surface area contributed by atoms with Gasteiger partial charge >= 0.3 is 0 Å². The summed E-state index contributed by atoms with van der Waals surface area (Å²) in [7, 11) is 0. The van der Waals surface area contributed by atoms with Crippen LogP contribution in [0.1, 0.15) is 12.8 Å². The lowest BCUT2D eigenvalue weighted by Gasteiger charge is -2.24. The maximum absolute atomic E-state index is 12.1. The normalized spacial score (nSPS) is 18.1. The van der Waals surface area contributed by atoms with Crippen molar-refractivity contribution in [2.75, 3.05) is 38.1 Å². The van der Waals surface area contributed by atoms with Gasteiger partial charge in [0, 0.05) is 25.3 Å². The number of halogens is 1. The van der Waals surface area contributed by atoms with E-state index in [9.17, 15) is 4.79 Å². The van der Waals surface area contributed by atoms with Crippen LogP contribution < -0.4 is 10.6 Å². The zero-order chi connectivity index (χ0) is 15.1. The van der Waals surface area contributed by atoms with Gasteiger partial charge in [0.15, 0.2) is 5.15 Å². The predicted molar refractivity (Wildman–Crippen MR) is 82.4 cm³/mol. The minimum atomic E-state index is -0.156. The molecule has 0 bridgehead atoms. The van der Waals surface area contributed by atoms with Gasteiger partial charge in [-0.2, -0.15) is 0 Å². The first-order chi connectivity index (χ1) is 10.2. The van der Waals surface area contributed by atoms with Crippen molar-refractivity contribution in [3.63, 3.8) is 0 Å². The standard InChI is InChI=1S/C14H21ClN4O2/c15-14-12(4-2-6-17-14)18-13(21)10-19(7-8-20)9-11-3-1-5-16-11/h2,4,6,11,16,20H,1,3,5,7-10H2,(H,18,21). The molecule has 1 saturated heterocycles. The zero-order valence-electron chi connectivity index (χ0n) is 11.9. The lowest BCUT2D eigenvalue weighted by molar-refractivity contribution is -0.117. The Balaban J connectivity index is 1.86. The van der Waals surface area contributed by atoms with Crippen LogP contribution in [-0.4, -0.2) is 59.7 Å². The van der Waals surface area contributed by atoms with Crippen molar-refractivity contribution in [2.45, 2.75) is 18.9 Å². The summed E-state index contributed by atoms with van der Waals surface area (Å²) < 4.78 is 0. The van der Waals surface area contributed by atoms with Crippen molar-refractivity contribution in [1.82, 2.24) is 15.2 Å². The van der Waals surface area contributed by atoms with E-state index >= 15 is 0 Å². The molecule has 3 N–H and O–H groups in total. The summed E-state index contributed by atoms with van der Waals surface area (Å²) in [5.41, 5.74) is 0.507. The predicted octanol–water partition coefficient (Wildman–Crippen LogP) is 0.720. The number of hydrogen-bond acceptors (Lipinski definition) is 5. The van der Waals surface area contributed by atoms with Gasteiger partial charge in [0.25, 0.3) is 0 Å². The molecular weight excluding hydrogens is 292 g/mol. The number of amides is 1. The summed E-state index contributed by atoms with van der Waals surface area (Å²) in [4.78, 5) is 17.9. The SMILES string of the molecule is O=C(CN(CCO)CC1CCCN1)Nc1cccnc1Cl. The number of anilines is 1. The Labute approximate surface area is 129 Å². The molecular formula is C14H21ClN4O2. The molecule has 0 aromatic carbocycles. The number of hydrogen-bond donors (Lipinski definition) is 3. The Kier molecular flexibility index (Phi) is 6.38. The van der Waals surface area contributed by atoms with Crippen molar-refractivity contribution >= 4 is 23.2 Å². The van der Waals surface area contributed by atoms with Gasteiger partial charge in [-0.15, -0.1) is 0 Å². The summed E-state index contributed by atoms with van der Waals surface area (Å²) in [6.45, 7) is 2.52. The lowest BCUT2D eigenvalue weighted by atomic mass is 10.2. The van der Waals surface area contributed by atoms with Gasteiger partial charge in [-0.05, 0) is 31.5 Å². The van der Waals surface area contributed by atoms with Gasteiger partial charge in [0.2, 0.25) is 5.91 Å². The van der Waals surface area contributed by atoms with Gasteiger partial charge in [0.1, 0.15) is 0 Å². The first kappa shape index (κ1) is 16.2. The molecule has 1 aromatic rings. The molecule has 1 amide bonds. The third kappa shape index (κ3) is 5.24. The molecule has 0 saturated carbocycles. The molecule has 0 aliphatic carbocycles. The van der Waals surface area contributed by atoms with Gasteiger partial charge in [-0.3, -0.25) is 9.69 Å². The van der Waals surface area contributed by atoms with Crippen LogP contribution in [0.25, 0.3) is 0 Å². The highest BCUT2D eigenvalue weighted by atomic mass is 35.5. The Bertz CT molecular complexity index is 466. The molecule has 2 heterocycles. The molecule has 6 nitrogen and oxygen atoms in total. The monoisotopic (exact) mass is 312 g/mol. The molecule has 1 aromatic heterocycles. The number of aliphatic hydroxyl groups is 1. The average Bonchev–Trinajstić information content (AvgIpc) is 2.94. The van der Waals surface area contributed by atoms with Crippen LogP contribution in [-0.2, 0) is 4.79 Å². The summed E-state index contributed by atoms with van der Waals surface area (Å²) in [5, 5.41) is 15.5. The van der Waals surface area contributed by atoms with E-state index in [0.29, 0.717) is 18.3 Å². The highest BCUT2D eigenvalue weighted by Crippen LogP contribution is 2.17. The highest BCUT2D eigenvalue weighted by Gasteiger charge is 2.19. The van der Waals surface area contributed by atoms with E-state index in [1.54, 1.807) is 18.3 Å². The van der Waals surface area contributed by atoms with Crippen molar-refractivity contribution in [3.05, 3.63) is 23.5 Å². The molecule has 1 fully saturated rings. The van der Waals surface area contributed by atoms with Crippen LogP contribution in [0.5, 0.6) is 0 Å². The first-order valence-electron chi connectivity index (χ1n) is 7.16. The van der Waals surface area contributed by atoms with Crippen LogP contribution in [0.3, 0.4) is 0 Å². The molecule has 1 aliphatic rings. The van der Waals surface area contributed by atoms with Gasteiger partial charge < -0.3 is 15.7 Å².